The fourth-order valence-corrected chi connectivity index (χ4v) is 1.26. The number of carbonyl (C=O) groups is 2. The number of carbonyl (C=O) groups excluding carboxylic acids is 2. The van der Waals surface area contributed by atoms with E-state index < -0.39 is 5.60 Å². The number of rotatable bonds is 4. The fraction of sp³-hybridized carbons (Fsp3) is 0.231. The molecule has 3 nitrogen and oxygen atoms in total. The summed E-state index contributed by atoms with van der Waals surface area (Å²) in [6.07, 6.45) is 1.22. The van der Waals surface area contributed by atoms with Crippen LogP contribution in [0, 0.1) is 0 Å². The number of hydrogen-bond donors (Lipinski definition) is 1. The van der Waals surface area contributed by atoms with Crippen molar-refractivity contribution in [3.63, 3.8) is 0 Å². The summed E-state index contributed by atoms with van der Waals surface area (Å²) in [6.45, 7) is 6.23. The van der Waals surface area contributed by atoms with Gasteiger partial charge in [0.2, 0.25) is 0 Å². The average molecular weight is 218 g/mol. The molecule has 0 saturated heterocycles. The maximum atomic E-state index is 11.7. The minimum Gasteiger partial charge on any atom is -0.382 e. The van der Waals surface area contributed by atoms with Crippen LogP contribution in [0.3, 0.4) is 0 Å². The van der Waals surface area contributed by atoms with Crippen molar-refractivity contribution in [3.8, 4) is 0 Å². The van der Waals surface area contributed by atoms with E-state index in [4.69, 9.17) is 0 Å². The Morgan fingerprint density at radius 2 is 1.62 bits per heavy atom. The Labute approximate surface area is 94.4 Å². The molecule has 0 spiro atoms. The van der Waals surface area contributed by atoms with Crippen molar-refractivity contribution in [1.82, 2.24) is 0 Å². The van der Waals surface area contributed by atoms with Gasteiger partial charge in [-0.2, -0.15) is 0 Å². The largest absolute Gasteiger partial charge is 0.382 e. The van der Waals surface area contributed by atoms with Crippen molar-refractivity contribution in [1.29, 1.82) is 0 Å². The molecule has 84 valence electrons. The quantitative estimate of drug-likeness (QED) is 0.621. The normalized spacial score (nSPS) is 10.9. The topological polar surface area (TPSA) is 54.4 Å². The molecule has 1 aromatic carbocycles. The van der Waals surface area contributed by atoms with Gasteiger partial charge in [0, 0.05) is 11.1 Å². The Kier molecular flexibility index (Phi) is 3.40. The molecule has 0 radical (unpaired) electrons. The molecule has 0 amide bonds. The molecule has 0 unspecified atom stereocenters. The van der Waals surface area contributed by atoms with Crippen LogP contribution in [0.15, 0.2) is 36.9 Å². The number of Topliss-reactive ketones (excluding diaryl/α,β-unsaturated/α-hetero) is 1. The van der Waals surface area contributed by atoms with Gasteiger partial charge < -0.3 is 5.11 Å². The number of allylic oxidation sites excluding steroid dienone is 1. The molecule has 0 heterocycles. The molecule has 0 aromatic heterocycles. The Morgan fingerprint density at radius 1 is 1.19 bits per heavy atom. The molecule has 0 aliphatic carbocycles. The van der Waals surface area contributed by atoms with Gasteiger partial charge in [0.15, 0.2) is 11.6 Å². The van der Waals surface area contributed by atoms with Crippen LogP contribution in [0.2, 0.25) is 0 Å². The van der Waals surface area contributed by atoms with Crippen LogP contribution >= 0.6 is 0 Å². The molecule has 0 aliphatic rings. The highest BCUT2D eigenvalue weighted by Gasteiger charge is 2.24. The third-order valence-corrected chi connectivity index (χ3v) is 2.17. The first kappa shape index (κ1) is 12.3. The van der Waals surface area contributed by atoms with Crippen molar-refractivity contribution in [2.24, 2.45) is 0 Å². The molecule has 3 heteroatoms. The van der Waals surface area contributed by atoms with Crippen LogP contribution in [0.5, 0.6) is 0 Å². The zero-order valence-corrected chi connectivity index (χ0v) is 9.36. The summed E-state index contributed by atoms with van der Waals surface area (Å²) < 4.78 is 0. The van der Waals surface area contributed by atoms with Gasteiger partial charge in [-0.15, -0.1) is 0 Å². The number of aliphatic hydroxyl groups is 1. The minimum absolute atomic E-state index is 0.192. The first-order valence-electron chi connectivity index (χ1n) is 4.90. The van der Waals surface area contributed by atoms with Crippen LogP contribution in [-0.2, 0) is 0 Å². The zero-order valence-electron chi connectivity index (χ0n) is 9.36. The highest BCUT2D eigenvalue weighted by molar-refractivity contribution is 6.06. The smallest absolute Gasteiger partial charge is 0.193 e. The lowest BCUT2D eigenvalue weighted by atomic mass is 9.96. The summed E-state index contributed by atoms with van der Waals surface area (Å²) in [6, 6.07) is 6.14. The van der Waals surface area contributed by atoms with E-state index in [1.54, 1.807) is 12.1 Å². The van der Waals surface area contributed by atoms with Crippen molar-refractivity contribution in [2.45, 2.75) is 19.4 Å². The van der Waals surface area contributed by atoms with Gasteiger partial charge >= 0.3 is 0 Å². The van der Waals surface area contributed by atoms with Crippen LogP contribution in [0.4, 0.5) is 0 Å². The van der Waals surface area contributed by atoms with Gasteiger partial charge in [-0.05, 0) is 19.9 Å². The molecule has 0 bridgehead atoms. The van der Waals surface area contributed by atoms with Gasteiger partial charge in [-0.1, -0.05) is 30.8 Å². The molecule has 0 atom stereocenters. The highest BCUT2D eigenvalue weighted by atomic mass is 16.3. The van der Waals surface area contributed by atoms with E-state index in [1.807, 2.05) is 0 Å². The Bertz CT molecular complexity index is 421. The van der Waals surface area contributed by atoms with Gasteiger partial charge in [0.05, 0.1) is 0 Å². The number of hydrogen-bond acceptors (Lipinski definition) is 3. The van der Waals surface area contributed by atoms with Gasteiger partial charge in [-0.3, -0.25) is 9.59 Å². The molecule has 0 saturated carbocycles. The predicted molar refractivity (Wildman–Crippen MR) is 61.6 cm³/mol. The van der Waals surface area contributed by atoms with Crippen molar-refractivity contribution >= 4 is 11.6 Å². The lowest BCUT2D eigenvalue weighted by Crippen LogP contribution is -2.31. The summed E-state index contributed by atoms with van der Waals surface area (Å²) in [5, 5.41) is 9.53. The third kappa shape index (κ3) is 2.64. The monoisotopic (exact) mass is 218 g/mol. The first-order chi connectivity index (χ1) is 7.36. The summed E-state index contributed by atoms with van der Waals surface area (Å²) in [7, 11) is 0. The number of ketones is 2. The standard InChI is InChI=1S/C13H14O3/c1-4-11(14)9-5-7-10(8-6-9)12(15)13(2,3)16/h4-8,16H,1H2,2-3H3. The molecule has 1 N–H and O–H groups in total. The summed E-state index contributed by atoms with van der Waals surface area (Å²) in [5.74, 6) is -0.563. The Morgan fingerprint density at radius 3 is 2.00 bits per heavy atom. The van der Waals surface area contributed by atoms with Crippen LogP contribution in [-0.4, -0.2) is 22.3 Å². The molecule has 0 aliphatic heterocycles. The van der Waals surface area contributed by atoms with Crippen LogP contribution in [0.25, 0.3) is 0 Å². The summed E-state index contributed by atoms with van der Waals surface area (Å²) in [5.41, 5.74) is -0.542. The minimum atomic E-state index is -1.40. The molecule has 1 aromatic rings. The predicted octanol–water partition coefficient (Wildman–Crippen LogP) is 2.01. The molecule has 0 fully saturated rings. The first-order valence-corrected chi connectivity index (χ1v) is 4.90. The molecule has 1 rings (SSSR count). The summed E-state index contributed by atoms with van der Waals surface area (Å²) in [4.78, 5) is 22.9. The van der Waals surface area contributed by atoms with E-state index in [0.717, 1.165) is 0 Å². The maximum Gasteiger partial charge on any atom is 0.193 e. The van der Waals surface area contributed by atoms with Crippen molar-refractivity contribution in [2.75, 3.05) is 0 Å². The van der Waals surface area contributed by atoms with Crippen molar-refractivity contribution < 1.29 is 14.7 Å². The molecule has 16 heavy (non-hydrogen) atoms. The number of benzene rings is 1. The Balaban J connectivity index is 3.00. The van der Waals surface area contributed by atoms with Gasteiger partial charge in [0.25, 0.3) is 0 Å². The maximum absolute atomic E-state index is 11.7. The molecular formula is C13H14O3. The zero-order chi connectivity index (χ0) is 12.3. The van der Waals surface area contributed by atoms with E-state index >= 15 is 0 Å². The Hall–Kier alpha value is -1.74. The fourth-order valence-electron chi connectivity index (χ4n) is 1.26. The lowest BCUT2D eigenvalue weighted by Gasteiger charge is -2.15. The van der Waals surface area contributed by atoms with E-state index in [1.165, 1.54) is 32.1 Å². The summed E-state index contributed by atoms with van der Waals surface area (Å²) >= 11 is 0. The van der Waals surface area contributed by atoms with E-state index in [0.29, 0.717) is 11.1 Å². The van der Waals surface area contributed by atoms with Gasteiger partial charge in [0.1, 0.15) is 5.60 Å². The lowest BCUT2D eigenvalue weighted by molar-refractivity contribution is 0.0488. The van der Waals surface area contributed by atoms with Crippen LogP contribution < -0.4 is 0 Å². The second-order valence-electron chi connectivity index (χ2n) is 4.03. The SMILES string of the molecule is C=CC(=O)c1ccc(C(=O)C(C)(C)O)cc1. The third-order valence-electron chi connectivity index (χ3n) is 2.17. The second kappa shape index (κ2) is 4.41. The highest BCUT2D eigenvalue weighted by Crippen LogP contribution is 2.13. The van der Waals surface area contributed by atoms with Gasteiger partial charge in [-0.25, -0.2) is 0 Å². The second-order valence-corrected chi connectivity index (χ2v) is 4.03. The average Bonchev–Trinajstić information content (AvgIpc) is 2.26. The van der Waals surface area contributed by atoms with E-state index in [2.05, 4.69) is 6.58 Å². The van der Waals surface area contributed by atoms with E-state index in [-0.39, 0.29) is 11.6 Å². The van der Waals surface area contributed by atoms with Crippen LogP contribution in [0.1, 0.15) is 34.6 Å². The van der Waals surface area contributed by atoms with E-state index in [9.17, 15) is 14.7 Å². The molecular weight excluding hydrogens is 204 g/mol. The van der Waals surface area contributed by atoms with Crippen molar-refractivity contribution in [3.05, 3.63) is 48.0 Å².